The average Bonchev–Trinajstić information content (AvgIpc) is 2.54. The van der Waals surface area contributed by atoms with Crippen molar-refractivity contribution >= 4 is 17.1 Å². The third kappa shape index (κ3) is 3.81. The van der Waals surface area contributed by atoms with E-state index in [0.29, 0.717) is 18.9 Å². The molecule has 0 aliphatic heterocycles. The van der Waals surface area contributed by atoms with E-state index in [2.05, 4.69) is 5.32 Å². The van der Waals surface area contributed by atoms with Gasteiger partial charge in [0.25, 0.3) is 5.69 Å². The van der Waals surface area contributed by atoms with Gasteiger partial charge in [0.2, 0.25) is 0 Å². The van der Waals surface area contributed by atoms with Gasteiger partial charge in [-0.3, -0.25) is 10.1 Å². The first-order valence-electron chi connectivity index (χ1n) is 6.76. The summed E-state index contributed by atoms with van der Waals surface area (Å²) in [5.41, 5.74) is 2.51. The number of hydrogen-bond donors (Lipinski definition) is 1. The molecule has 1 N–H and O–H groups in total. The second kappa shape index (κ2) is 7.20. The minimum atomic E-state index is -0.521. The molecule has 2 rings (SSSR count). The Balaban J connectivity index is 2.16. The molecule has 0 fully saturated rings. The zero-order valence-corrected chi connectivity index (χ0v) is 12.1. The number of benzene rings is 2. The normalized spacial score (nSPS) is 10.0. The topological polar surface area (TPSA) is 88.2 Å². The number of ether oxygens (including phenoxy) is 1. The number of anilines is 2. The van der Waals surface area contributed by atoms with Crippen LogP contribution >= 0.6 is 0 Å². The van der Waals surface area contributed by atoms with Crippen molar-refractivity contribution in [3.8, 4) is 6.07 Å². The molecule has 0 spiro atoms. The molecule has 0 amide bonds. The van der Waals surface area contributed by atoms with Gasteiger partial charge in [0, 0.05) is 24.4 Å². The van der Waals surface area contributed by atoms with Crippen LogP contribution in [0.25, 0.3) is 0 Å². The van der Waals surface area contributed by atoms with Gasteiger partial charge in [-0.15, -0.1) is 0 Å². The molecule has 22 heavy (non-hydrogen) atoms. The lowest BCUT2D eigenvalue weighted by Gasteiger charge is -2.09. The summed E-state index contributed by atoms with van der Waals surface area (Å²) in [6.07, 6.45) is 0. The van der Waals surface area contributed by atoms with Gasteiger partial charge in [-0.2, -0.15) is 5.26 Å². The van der Waals surface area contributed by atoms with Crippen LogP contribution < -0.4 is 5.32 Å². The van der Waals surface area contributed by atoms with Crippen molar-refractivity contribution in [1.29, 1.82) is 5.26 Å². The molecule has 0 unspecified atom stereocenters. The molecule has 2 aromatic rings. The van der Waals surface area contributed by atoms with E-state index in [4.69, 9.17) is 10.00 Å². The highest BCUT2D eigenvalue weighted by atomic mass is 16.6. The van der Waals surface area contributed by atoms with Crippen molar-refractivity contribution < 1.29 is 9.66 Å². The largest absolute Gasteiger partial charge is 0.377 e. The Morgan fingerprint density at radius 3 is 2.59 bits per heavy atom. The minimum Gasteiger partial charge on any atom is -0.377 e. The predicted octanol–water partition coefficient (Wildman–Crippen LogP) is 3.75. The molecule has 0 radical (unpaired) electrons. The molecule has 0 aromatic heterocycles. The van der Waals surface area contributed by atoms with E-state index in [1.807, 2.05) is 37.3 Å². The van der Waals surface area contributed by atoms with E-state index in [9.17, 15) is 10.1 Å². The summed E-state index contributed by atoms with van der Waals surface area (Å²) in [6, 6.07) is 13.7. The number of nitrogens with zero attached hydrogens (tertiary/aromatic N) is 2. The van der Waals surface area contributed by atoms with Gasteiger partial charge in [0.15, 0.2) is 0 Å². The Kier molecular flexibility index (Phi) is 5.07. The van der Waals surface area contributed by atoms with Crippen LogP contribution in [0, 0.1) is 21.4 Å². The molecule has 0 atom stereocenters. The SMILES string of the molecule is CCOCc1ccc(Nc2ccc([N+](=O)[O-])cc2C#N)cc1. The van der Waals surface area contributed by atoms with E-state index in [-0.39, 0.29) is 11.3 Å². The molecule has 0 aliphatic carbocycles. The quantitative estimate of drug-likeness (QED) is 0.648. The van der Waals surface area contributed by atoms with Gasteiger partial charge in [0.05, 0.1) is 22.8 Å². The molecule has 112 valence electrons. The Hall–Kier alpha value is -2.91. The molecular formula is C16H15N3O3. The van der Waals surface area contributed by atoms with Crippen molar-refractivity contribution in [2.24, 2.45) is 0 Å². The van der Waals surface area contributed by atoms with Crippen molar-refractivity contribution in [2.45, 2.75) is 13.5 Å². The third-order valence-corrected chi connectivity index (χ3v) is 3.04. The smallest absolute Gasteiger partial charge is 0.270 e. The maximum Gasteiger partial charge on any atom is 0.270 e. The number of nitriles is 1. The van der Waals surface area contributed by atoms with Crippen LogP contribution in [0.5, 0.6) is 0 Å². The molecule has 0 saturated carbocycles. The van der Waals surface area contributed by atoms with E-state index in [1.165, 1.54) is 18.2 Å². The number of nitrogens with one attached hydrogen (secondary N) is 1. The summed E-state index contributed by atoms with van der Waals surface area (Å²) < 4.78 is 5.32. The monoisotopic (exact) mass is 297 g/mol. The molecule has 2 aromatic carbocycles. The zero-order chi connectivity index (χ0) is 15.9. The predicted molar refractivity (Wildman–Crippen MR) is 82.9 cm³/mol. The number of nitro benzene ring substituents is 1. The van der Waals surface area contributed by atoms with Gasteiger partial charge in [-0.05, 0) is 30.7 Å². The Bertz CT molecular complexity index is 706. The fourth-order valence-corrected chi connectivity index (χ4v) is 1.91. The standard InChI is InChI=1S/C16H15N3O3/c1-2-22-11-12-3-5-14(6-4-12)18-16-8-7-15(19(20)21)9-13(16)10-17/h3-9,18H,2,11H2,1H3. The Morgan fingerprint density at radius 2 is 2.00 bits per heavy atom. The van der Waals surface area contributed by atoms with Crippen LogP contribution in [0.1, 0.15) is 18.1 Å². The summed E-state index contributed by atoms with van der Waals surface area (Å²) in [5.74, 6) is 0. The second-order valence-corrected chi connectivity index (χ2v) is 4.56. The molecule has 0 heterocycles. The zero-order valence-electron chi connectivity index (χ0n) is 12.1. The van der Waals surface area contributed by atoms with Crippen molar-refractivity contribution in [3.05, 3.63) is 63.7 Å². The van der Waals surface area contributed by atoms with E-state index < -0.39 is 4.92 Å². The minimum absolute atomic E-state index is 0.103. The van der Waals surface area contributed by atoms with Gasteiger partial charge in [0.1, 0.15) is 6.07 Å². The highest BCUT2D eigenvalue weighted by Crippen LogP contribution is 2.25. The fourth-order valence-electron chi connectivity index (χ4n) is 1.91. The summed E-state index contributed by atoms with van der Waals surface area (Å²) in [6.45, 7) is 3.15. The average molecular weight is 297 g/mol. The maximum absolute atomic E-state index is 10.7. The van der Waals surface area contributed by atoms with E-state index in [1.54, 1.807) is 0 Å². The van der Waals surface area contributed by atoms with Crippen LogP contribution in [0.3, 0.4) is 0 Å². The molecule has 0 bridgehead atoms. The highest BCUT2D eigenvalue weighted by molar-refractivity contribution is 5.68. The van der Waals surface area contributed by atoms with Crippen molar-refractivity contribution in [3.63, 3.8) is 0 Å². The molecule has 0 aliphatic rings. The van der Waals surface area contributed by atoms with Crippen LogP contribution in [-0.2, 0) is 11.3 Å². The third-order valence-electron chi connectivity index (χ3n) is 3.04. The molecule has 6 nitrogen and oxygen atoms in total. The van der Waals surface area contributed by atoms with Gasteiger partial charge < -0.3 is 10.1 Å². The van der Waals surface area contributed by atoms with E-state index in [0.717, 1.165) is 11.3 Å². The number of hydrogen-bond acceptors (Lipinski definition) is 5. The molecule has 6 heteroatoms. The number of nitro groups is 1. The van der Waals surface area contributed by atoms with Crippen molar-refractivity contribution in [2.75, 3.05) is 11.9 Å². The number of non-ortho nitro benzene ring substituents is 1. The Labute approximate surface area is 128 Å². The van der Waals surface area contributed by atoms with Gasteiger partial charge in [-0.1, -0.05) is 12.1 Å². The van der Waals surface area contributed by atoms with Gasteiger partial charge >= 0.3 is 0 Å². The second-order valence-electron chi connectivity index (χ2n) is 4.56. The first-order valence-corrected chi connectivity index (χ1v) is 6.76. The maximum atomic E-state index is 10.7. The Morgan fingerprint density at radius 1 is 1.27 bits per heavy atom. The summed E-state index contributed by atoms with van der Waals surface area (Å²) >= 11 is 0. The van der Waals surface area contributed by atoms with Crippen LogP contribution in [0.2, 0.25) is 0 Å². The highest BCUT2D eigenvalue weighted by Gasteiger charge is 2.10. The van der Waals surface area contributed by atoms with Crippen LogP contribution in [-0.4, -0.2) is 11.5 Å². The first kappa shape index (κ1) is 15.5. The lowest BCUT2D eigenvalue weighted by Crippen LogP contribution is -1.97. The summed E-state index contributed by atoms with van der Waals surface area (Å²) in [5, 5.41) is 22.9. The van der Waals surface area contributed by atoms with Gasteiger partial charge in [-0.25, -0.2) is 0 Å². The lowest BCUT2D eigenvalue weighted by molar-refractivity contribution is -0.384. The number of rotatable bonds is 6. The molecular weight excluding hydrogens is 282 g/mol. The van der Waals surface area contributed by atoms with Crippen LogP contribution in [0.4, 0.5) is 17.1 Å². The lowest BCUT2D eigenvalue weighted by atomic mass is 10.1. The van der Waals surface area contributed by atoms with E-state index >= 15 is 0 Å². The summed E-state index contributed by atoms with van der Waals surface area (Å²) in [4.78, 5) is 10.2. The first-order chi connectivity index (χ1) is 10.6. The fraction of sp³-hybridized carbons (Fsp3) is 0.188. The van der Waals surface area contributed by atoms with Crippen LogP contribution in [0.15, 0.2) is 42.5 Å². The molecule has 0 saturated heterocycles. The summed E-state index contributed by atoms with van der Waals surface area (Å²) in [7, 11) is 0. The van der Waals surface area contributed by atoms with Crippen molar-refractivity contribution in [1.82, 2.24) is 0 Å².